The van der Waals surface area contributed by atoms with Crippen molar-refractivity contribution >= 4 is 0 Å². The van der Waals surface area contributed by atoms with Crippen LogP contribution in [0.2, 0.25) is 0 Å². The van der Waals surface area contributed by atoms with E-state index >= 15 is 0 Å². The van der Waals surface area contributed by atoms with Crippen molar-refractivity contribution in [3.63, 3.8) is 0 Å². The van der Waals surface area contributed by atoms with Crippen molar-refractivity contribution in [2.75, 3.05) is 7.11 Å². The topological polar surface area (TPSA) is 60.0 Å². The fourth-order valence-corrected chi connectivity index (χ4v) is 2.57. The Morgan fingerprint density at radius 1 is 0.692 bits per heavy atom. The van der Waals surface area contributed by atoms with E-state index in [1.54, 1.807) is 7.11 Å². The monoisotopic (exact) mass is 343 g/mol. The number of aromatic amines is 1. The predicted octanol–water partition coefficient (Wildman–Crippen LogP) is 4.94. The second-order valence-corrected chi connectivity index (χ2v) is 5.68. The number of rotatable bonds is 5. The van der Waals surface area contributed by atoms with Gasteiger partial charge in [-0.2, -0.15) is 5.10 Å². The molecular formula is C21H17N3O2. The molecule has 0 aliphatic rings. The summed E-state index contributed by atoms with van der Waals surface area (Å²) in [5.41, 5.74) is 1.87. The third kappa shape index (κ3) is 3.42. The number of benzene rings is 3. The lowest BCUT2D eigenvalue weighted by Crippen LogP contribution is -1.85. The van der Waals surface area contributed by atoms with Gasteiger partial charge >= 0.3 is 0 Å². The minimum Gasteiger partial charge on any atom is -0.497 e. The SMILES string of the molecule is COc1ccc(-c2n[nH]c(-c3ccc(Oc4ccccc4)cc3)n2)cc1. The van der Waals surface area contributed by atoms with Crippen LogP contribution in [-0.4, -0.2) is 22.3 Å². The first-order valence-corrected chi connectivity index (χ1v) is 8.22. The zero-order valence-corrected chi connectivity index (χ0v) is 14.2. The lowest BCUT2D eigenvalue weighted by Gasteiger charge is -2.05. The standard InChI is InChI=1S/C21H17N3O2/c1-25-17-11-7-15(8-12-17)20-22-21(24-23-20)16-9-13-19(14-10-16)26-18-5-3-2-4-6-18/h2-14H,1H3,(H,22,23,24). The second kappa shape index (κ2) is 7.11. The number of aromatic nitrogens is 3. The number of para-hydroxylation sites is 1. The summed E-state index contributed by atoms with van der Waals surface area (Å²) < 4.78 is 11.0. The van der Waals surface area contributed by atoms with Crippen molar-refractivity contribution in [1.82, 2.24) is 15.2 Å². The van der Waals surface area contributed by atoms with Crippen LogP contribution >= 0.6 is 0 Å². The molecule has 0 aliphatic carbocycles. The van der Waals surface area contributed by atoms with Gasteiger partial charge in [0.1, 0.15) is 17.2 Å². The summed E-state index contributed by atoms with van der Waals surface area (Å²) >= 11 is 0. The van der Waals surface area contributed by atoms with Crippen LogP contribution in [-0.2, 0) is 0 Å². The number of nitrogens with zero attached hydrogens (tertiary/aromatic N) is 2. The van der Waals surface area contributed by atoms with Crippen molar-refractivity contribution in [2.24, 2.45) is 0 Å². The molecule has 1 aromatic heterocycles. The molecule has 0 atom stereocenters. The van der Waals surface area contributed by atoms with Crippen molar-refractivity contribution < 1.29 is 9.47 Å². The molecular weight excluding hydrogens is 326 g/mol. The molecule has 4 aromatic rings. The Labute approximate surface area is 151 Å². The minimum atomic E-state index is 0.646. The third-order valence-electron chi connectivity index (χ3n) is 3.94. The van der Waals surface area contributed by atoms with Crippen LogP contribution < -0.4 is 9.47 Å². The molecule has 0 fully saturated rings. The maximum absolute atomic E-state index is 5.81. The zero-order valence-electron chi connectivity index (χ0n) is 14.2. The Bertz CT molecular complexity index is 978. The summed E-state index contributed by atoms with van der Waals surface area (Å²) in [7, 11) is 1.64. The Morgan fingerprint density at radius 2 is 1.31 bits per heavy atom. The lowest BCUT2D eigenvalue weighted by atomic mass is 10.2. The molecule has 0 aliphatic heterocycles. The van der Waals surface area contributed by atoms with Gasteiger partial charge in [0, 0.05) is 11.1 Å². The first kappa shape index (κ1) is 15.9. The van der Waals surface area contributed by atoms with Gasteiger partial charge in [-0.1, -0.05) is 18.2 Å². The molecule has 5 heteroatoms. The van der Waals surface area contributed by atoms with Crippen LogP contribution in [0.1, 0.15) is 0 Å². The number of hydrogen-bond donors (Lipinski definition) is 1. The molecule has 0 bridgehead atoms. The molecule has 3 aromatic carbocycles. The van der Waals surface area contributed by atoms with Crippen LogP contribution in [0, 0.1) is 0 Å². The van der Waals surface area contributed by atoms with Crippen LogP contribution in [0.3, 0.4) is 0 Å². The molecule has 5 nitrogen and oxygen atoms in total. The quantitative estimate of drug-likeness (QED) is 0.557. The van der Waals surface area contributed by atoms with Gasteiger partial charge in [0.2, 0.25) is 0 Å². The predicted molar refractivity (Wildman–Crippen MR) is 100 cm³/mol. The van der Waals surface area contributed by atoms with Gasteiger partial charge in [-0.3, -0.25) is 5.10 Å². The fourth-order valence-electron chi connectivity index (χ4n) is 2.57. The van der Waals surface area contributed by atoms with Crippen LogP contribution in [0.4, 0.5) is 0 Å². The largest absolute Gasteiger partial charge is 0.497 e. The summed E-state index contributed by atoms with van der Waals surface area (Å²) in [6, 6.07) is 25.1. The number of H-pyrrole nitrogens is 1. The van der Waals surface area contributed by atoms with E-state index in [4.69, 9.17) is 9.47 Å². The summed E-state index contributed by atoms with van der Waals surface area (Å²) in [5.74, 6) is 3.74. The fraction of sp³-hybridized carbons (Fsp3) is 0.0476. The molecule has 0 saturated carbocycles. The molecule has 0 unspecified atom stereocenters. The average Bonchev–Trinajstić information content (AvgIpc) is 3.20. The molecule has 0 amide bonds. The van der Waals surface area contributed by atoms with Crippen LogP contribution in [0.5, 0.6) is 17.2 Å². The Kier molecular flexibility index (Phi) is 4.35. The highest BCUT2D eigenvalue weighted by Gasteiger charge is 2.08. The summed E-state index contributed by atoms with van der Waals surface area (Å²) in [6.45, 7) is 0. The van der Waals surface area contributed by atoms with Crippen molar-refractivity contribution in [1.29, 1.82) is 0 Å². The van der Waals surface area contributed by atoms with Gasteiger partial charge in [-0.25, -0.2) is 4.98 Å². The van der Waals surface area contributed by atoms with Gasteiger partial charge in [0.15, 0.2) is 11.6 Å². The minimum absolute atomic E-state index is 0.646. The number of nitrogens with one attached hydrogen (secondary N) is 1. The Balaban J connectivity index is 1.52. The van der Waals surface area contributed by atoms with Gasteiger partial charge in [0.25, 0.3) is 0 Å². The highest BCUT2D eigenvalue weighted by molar-refractivity contribution is 5.62. The van der Waals surface area contributed by atoms with E-state index in [1.165, 1.54) is 0 Å². The lowest BCUT2D eigenvalue weighted by molar-refractivity contribution is 0.415. The first-order valence-electron chi connectivity index (χ1n) is 8.22. The summed E-state index contributed by atoms with van der Waals surface area (Å²) in [4.78, 5) is 4.57. The first-order chi connectivity index (χ1) is 12.8. The average molecular weight is 343 g/mol. The highest BCUT2D eigenvalue weighted by Crippen LogP contribution is 2.26. The number of methoxy groups -OCH3 is 1. The number of hydrogen-bond acceptors (Lipinski definition) is 4. The van der Waals surface area contributed by atoms with Crippen LogP contribution in [0.25, 0.3) is 22.8 Å². The van der Waals surface area contributed by atoms with Gasteiger partial charge < -0.3 is 9.47 Å². The van der Waals surface area contributed by atoms with E-state index in [2.05, 4.69) is 15.2 Å². The van der Waals surface area contributed by atoms with Gasteiger partial charge in [-0.15, -0.1) is 0 Å². The summed E-state index contributed by atoms with van der Waals surface area (Å²) in [5, 5.41) is 7.29. The van der Waals surface area contributed by atoms with E-state index in [1.807, 2.05) is 78.9 Å². The molecule has 26 heavy (non-hydrogen) atoms. The molecule has 0 saturated heterocycles. The van der Waals surface area contributed by atoms with E-state index in [9.17, 15) is 0 Å². The highest BCUT2D eigenvalue weighted by atomic mass is 16.5. The van der Waals surface area contributed by atoms with Crippen molar-refractivity contribution in [3.8, 4) is 40.0 Å². The molecule has 0 radical (unpaired) electrons. The van der Waals surface area contributed by atoms with E-state index in [0.29, 0.717) is 11.6 Å². The summed E-state index contributed by atoms with van der Waals surface area (Å²) in [6.07, 6.45) is 0. The van der Waals surface area contributed by atoms with E-state index < -0.39 is 0 Å². The van der Waals surface area contributed by atoms with Crippen molar-refractivity contribution in [2.45, 2.75) is 0 Å². The molecule has 1 heterocycles. The smallest absolute Gasteiger partial charge is 0.181 e. The second-order valence-electron chi connectivity index (χ2n) is 5.68. The maximum atomic E-state index is 5.81. The molecule has 128 valence electrons. The zero-order chi connectivity index (χ0) is 17.8. The third-order valence-corrected chi connectivity index (χ3v) is 3.94. The Hall–Kier alpha value is -3.60. The van der Waals surface area contributed by atoms with E-state index in [-0.39, 0.29) is 0 Å². The number of ether oxygens (including phenoxy) is 2. The normalized spacial score (nSPS) is 10.5. The van der Waals surface area contributed by atoms with Gasteiger partial charge in [-0.05, 0) is 60.7 Å². The van der Waals surface area contributed by atoms with Crippen molar-refractivity contribution in [3.05, 3.63) is 78.9 Å². The molecule has 4 rings (SSSR count). The van der Waals surface area contributed by atoms with Gasteiger partial charge in [0.05, 0.1) is 7.11 Å². The molecule has 1 N–H and O–H groups in total. The van der Waals surface area contributed by atoms with E-state index in [0.717, 1.165) is 28.4 Å². The Morgan fingerprint density at radius 3 is 2.00 bits per heavy atom. The van der Waals surface area contributed by atoms with Crippen LogP contribution in [0.15, 0.2) is 78.9 Å². The maximum Gasteiger partial charge on any atom is 0.181 e. The molecule has 0 spiro atoms.